The van der Waals surface area contributed by atoms with Crippen molar-refractivity contribution in [2.75, 3.05) is 36.8 Å². The molecule has 2 aromatic rings. The fourth-order valence-electron chi connectivity index (χ4n) is 3.61. The third kappa shape index (κ3) is 6.83. The Balaban J connectivity index is 1.48. The summed E-state index contributed by atoms with van der Waals surface area (Å²) in [6.07, 6.45) is 5.25. The van der Waals surface area contributed by atoms with Crippen molar-refractivity contribution in [3.05, 3.63) is 59.7 Å². The number of hydrogen-bond donors (Lipinski definition) is 3. The van der Waals surface area contributed by atoms with Crippen molar-refractivity contribution in [3.8, 4) is 0 Å². The van der Waals surface area contributed by atoms with E-state index in [0.29, 0.717) is 29.0 Å². The Kier molecular flexibility index (Phi) is 8.66. The number of nitrogens with one attached hydrogen (secondary N) is 3. The molecular formula is C25H32N4O3. The van der Waals surface area contributed by atoms with Gasteiger partial charge in [0.05, 0.1) is 6.54 Å². The van der Waals surface area contributed by atoms with Crippen LogP contribution >= 0.6 is 0 Å². The summed E-state index contributed by atoms with van der Waals surface area (Å²) in [6, 6.07) is 14.1. The smallest absolute Gasteiger partial charge is 0.253 e. The summed E-state index contributed by atoms with van der Waals surface area (Å²) in [5, 5.41) is 8.76. The van der Waals surface area contributed by atoms with Crippen molar-refractivity contribution in [2.24, 2.45) is 0 Å². The summed E-state index contributed by atoms with van der Waals surface area (Å²) >= 11 is 0. The quantitative estimate of drug-likeness (QED) is 0.520. The van der Waals surface area contributed by atoms with Gasteiger partial charge in [-0.3, -0.25) is 14.4 Å². The van der Waals surface area contributed by atoms with Crippen molar-refractivity contribution >= 4 is 29.1 Å². The predicted molar refractivity (Wildman–Crippen MR) is 127 cm³/mol. The average Bonchev–Trinajstić information content (AvgIpc) is 2.83. The molecule has 3 N–H and O–H groups in total. The van der Waals surface area contributed by atoms with Gasteiger partial charge in [0.25, 0.3) is 11.8 Å². The lowest BCUT2D eigenvalue weighted by molar-refractivity contribution is -0.114. The van der Waals surface area contributed by atoms with E-state index in [2.05, 4.69) is 22.9 Å². The number of piperidine rings is 1. The summed E-state index contributed by atoms with van der Waals surface area (Å²) in [6.45, 7) is 4.41. The second kappa shape index (κ2) is 11.9. The van der Waals surface area contributed by atoms with Crippen LogP contribution in [0.2, 0.25) is 0 Å². The van der Waals surface area contributed by atoms with Gasteiger partial charge in [0.2, 0.25) is 5.91 Å². The average molecular weight is 437 g/mol. The molecule has 0 bridgehead atoms. The van der Waals surface area contributed by atoms with Crippen molar-refractivity contribution in [1.82, 2.24) is 10.2 Å². The molecule has 1 aliphatic rings. The first-order valence-corrected chi connectivity index (χ1v) is 11.4. The van der Waals surface area contributed by atoms with Crippen LogP contribution in [0.1, 0.15) is 59.7 Å². The zero-order chi connectivity index (χ0) is 22.8. The third-order valence-electron chi connectivity index (χ3n) is 5.45. The number of likely N-dealkylation sites (tertiary alicyclic amines) is 1. The fourth-order valence-corrected chi connectivity index (χ4v) is 3.61. The summed E-state index contributed by atoms with van der Waals surface area (Å²) < 4.78 is 0. The van der Waals surface area contributed by atoms with Crippen LogP contribution in [0.3, 0.4) is 0 Å². The molecule has 1 heterocycles. The van der Waals surface area contributed by atoms with E-state index in [1.807, 2.05) is 11.0 Å². The van der Waals surface area contributed by atoms with Crippen LogP contribution in [-0.4, -0.2) is 48.8 Å². The van der Waals surface area contributed by atoms with Crippen LogP contribution in [0.25, 0.3) is 0 Å². The number of unbranched alkanes of at least 4 members (excludes halogenated alkanes) is 1. The van der Waals surface area contributed by atoms with E-state index < -0.39 is 0 Å². The number of amides is 3. The van der Waals surface area contributed by atoms with Gasteiger partial charge in [0.1, 0.15) is 0 Å². The standard InChI is InChI=1S/C25H32N4O3/c1-2-3-14-26-24(31)20-8-7-9-22(17-20)27-18-23(30)28-21-12-10-19(11-13-21)25(32)29-15-5-4-6-16-29/h7-13,17,27H,2-6,14-16,18H2,1H3,(H,26,31)(H,28,30). The maximum Gasteiger partial charge on any atom is 0.253 e. The topological polar surface area (TPSA) is 90.5 Å². The third-order valence-corrected chi connectivity index (χ3v) is 5.45. The monoisotopic (exact) mass is 436 g/mol. The number of nitrogens with zero attached hydrogens (tertiary/aromatic N) is 1. The van der Waals surface area contributed by atoms with Crippen LogP contribution in [0.4, 0.5) is 11.4 Å². The van der Waals surface area contributed by atoms with Crippen LogP contribution in [0, 0.1) is 0 Å². The van der Waals surface area contributed by atoms with Gasteiger partial charge in [0.15, 0.2) is 0 Å². The molecule has 7 heteroatoms. The number of benzene rings is 2. The molecule has 1 saturated heterocycles. The molecule has 3 amide bonds. The molecule has 0 saturated carbocycles. The highest BCUT2D eigenvalue weighted by atomic mass is 16.2. The van der Waals surface area contributed by atoms with Crippen molar-refractivity contribution in [2.45, 2.75) is 39.0 Å². The zero-order valence-corrected chi connectivity index (χ0v) is 18.7. The Hall–Kier alpha value is -3.35. The van der Waals surface area contributed by atoms with Crippen LogP contribution in [0.15, 0.2) is 48.5 Å². The minimum atomic E-state index is -0.210. The van der Waals surface area contributed by atoms with Crippen molar-refractivity contribution < 1.29 is 14.4 Å². The molecule has 1 fully saturated rings. The lowest BCUT2D eigenvalue weighted by Gasteiger charge is -2.26. The Morgan fingerprint density at radius 1 is 0.906 bits per heavy atom. The second-order valence-corrected chi connectivity index (χ2v) is 8.02. The molecule has 0 unspecified atom stereocenters. The van der Waals surface area contributed by atoms with Crippen LogP contribution in [-0.2, 0) is 4.79 Å². The highest BCUT2D eigenvalue weighted by Gasteiger charge is 2.18. The molecule has 0 spiro atoms. The first-order valence-electron chi connectivity index (χ1n) is 11.4. The van der Waals surface area contributed by atoms with Gasteiger partial charge in [-0.25, -0.2) is 0 Å². The first-order chi connectivity index (χ1) is 15.6. The molecular weight excluding hydrogens is 404 g/mol. The number of anilines is 2. The second-order valence-electron chi connectivity index (χ2n) is 8.02. The molecule has 2 aromatic carbocycles. The highest BCUT2D eigenvalue weighted by Crippen LogP contribution is 2.16. The van der Waals surface area contributed by atoms with E-state index in [1.54, 1.807) is 42.5 Å². The molecule has 7 nitrogen and oxygen atoms in total. The summed E-state index contributed by atoms with van der Waals surface area (Å²) in [5.41, 5.74) is 2.53. The Morgan fingerprint density at radius 3 is 2.38 bits per heavy atom. The molecule has 0 atom stereocenters. The van der Waals surface area contributed by atoms with Crippen LogP contribution in [0.5, 0.6) is 0 Å². The van der Waals surface area contributed by atoms with Gasteiger partial charge in [-0.15, -0.1) is 0 Å². The zero-order valence-electron chi connectivity index (χ0n) is 18.7. The predicted octanol–water partition coefficient (Wildman–Crippen LogP) is 3.89. The van der Waals surface area contributed by atoms with Gasteiger partial charge < -0.3 is 20.9 Å². The van der Waals surface area contributed by atoms with Gasteiger partial charge in [-0.2, -0.15) is 0 Å². The van der Waals surface area contributed by atoms with Gasteiger partial charge in [0, 0.05) is 42.1 Å². The van der Waals surface area contributed by atoms with Crippen molar-refractivity contribution in [3.63, 3.8) is 0 Å². The summed E-state index contributed by atoms with van der Waals surface area (Å²) in [4.78, 5) is 38.9. The Morgan fingerprint density at radius 2 is 1.66 bits per heavy atom. The molecule has 170 valence electrons. The van der Waals surface area contributed by atoms with E-state index in [9.17, 15) is 14.4 Å². The summed E-state index contributed by atoms with van der Waals surface area (Å²) in [7, 11) is 0. The van der Waals surface area contributed by atoms with E-state index in [-0.39, 0.29) is 24.3 Å². The van der Waals surface area contributed by atoms with Gasteiger partial charge in [-0.05, 0) is 68.1 Å². The SMILES string of the molecule is CCCCNC(=O)c1cccc(NCC(=O)Nc2ccc(C(=O)N3CCCCC3)cc2)c1. The molecule has 32 heavy (non-hydrogen) atoms. The van der Waals surface area contributed by atoms with E-state index in [0.717, 1.165) is 38.8 Å². The van der Waals surface area contributed by atoms with Crippen LogP contribution < -0.4 is 16.0 Å². The molecule has 0 radical (unpaired) electrons. The molecule has 0 aromatic heterocycles. The largest absolute Gasteiger partial charge is 0.376 e. The van der Waals surface area contributed by atoms with Crippen molar-refractivity contribution in [1.29, 1.82) is 0 Å². The molecule has 0 aliphatic carbocycles. The first kappa shape index (κ1) is 23.3. The lowest BCUT2D eigenvalue weighted by atomic mass is 10.1. The number of carbonyl (C=O) groups excluding carboxylic acids is 3. The molecule has 3 rings (SSSR count). The maximum absolute atomic E-state index is 12.5. The minimum absolute atomic E-state index is 0.0443. The Bertz CT molecular complexity index is 921. The van der Waals surface area contributed by atoms with Gasteiger partial charge >= 0.3 is 0 Å². The maximum atomic E-state index is 12.5. The fraction of sp³-hybridized carbons (Fsp3) is 0.400. The number of rotatable bonds is 9. The minimum Gasteiger partial charge on any atom is -0.376 e. The van der Waals surface area contributed by atoms with E-state index in [4.69, 9.17) is 0 Å². The van der Waals surface area contributed by atoms with E-state index >= 15 is 0 Å². The van der Waals surface area contributed by atoms with Gasteiger partial charge in [-0.1, -0.05) is 19.4 Å². The number of carbonyl (C=O) groups is 3. The van der Waals surface area contributed by atoms with E-state index in [1.165, 1.54) is 6.42 Å². The lowest BCUT2D eigenvalue weighted by Crippen LogP contribution is -2.35. The molecule has 1 aliphatic heterocycles. The Labute approximate surface area is 189 Å². The highest BCUT2D eigenvalue weighted by molar-refractivity contribution is 5.97. The number of hydrogen-bond acceptors (Lipinski definition) is 4. The normalized spacial score (nSPS) is 13.3. The summed E-state index contributed by atoms with van der Waals surface area (Å²) in [5.74, 6) is -0.286.